The number of aliphatic hydroxyl groups is 2. The maximum atomic E-state index is 12.7. The number of amides is 2. The molecule has 2 aromatic heterocycles. The van der Waals surface area contributed by atoms with Gasteiger partial charge < -0.3 is 50.9 Å². The van der Waals surface area contributed by atoms with Gasteiger partial charge in [-0.1, -0.05) is 39.5 Å². The van der Waals surface area contributed by atoms with Gasteiger partial charge in [-0.25, -0.2) is 28.6 Å². The predicted octanol–water partition coefficient (Wildman–Crippen LogP) is -0.289. The van der Waals surface area contributed by atoms with Crippen LogP contribution in [0.5, 0.6) is 0 Å². The molecule has 28 heteroatoms. The molecule has 10 N–H and O–H groups in total. The molecule has 0 saturated carbocycles. The Balaban J connectivity index is 1.51. The van der Waals surface area contributed by atoms with Crippen molar-refractivity contribution in [1.82, 2.24) is 30.2 Å². The molecule has 0 aromatic carbocycles. The Hall–Kier alpha value is -2.44. The second-order valence-corrected chi connectivity index (χ2v) is 17.9. The molecule has 24 nitrogen and oxygen atoms in total. The number of anilines is 1. The number of thioether (sulfide) groups is 1. The molecule has 1 aliphatic rings. The highest BCUT2D eigenvalue weighted by atomic mass is 32.2. The van der Waals surface area contributed by atoms with E-state index in [4.69, 9.17) is 19.5 Å². The van der Waals surface area contributed by atoms with Crippen LogP contribution in [0.3, 0.4) is 0 Å². The fourth-order valence-electron chi connectivity index (χ4n) is 4.59. The van der Waals surface area contributed by atoms with Gasteiger partial charge in [-0.05, 0) is 6.42 Å². The van der Waals surface area contributed by atoms with Crippen molar-refractivity contribution in [3.8, 4) is 0 Å². The largest absolute Gasteiger partial charge is 0.481 e. The summed E-state index contributed by atoms with van der Waals surface area (Å²) in [6.07, 6.45) is -6.18. The lowest BCUT2D eigenvalue weighted by atomic mass is 9.87. The van der Waals surface area contributed by atoms with Gasteiger partial charge in [0.25, 0.3) is 0 Å². The van der Waals surface area contributed by atoms with Crippen molar-refractivity contribution in [2.24, 2.45) is 11.3 Å². The quantitative estimate of drug-likeness (QED) is 0.0575. The van der Waals surface area contributed by atoms with E-state index < -0.39 is 84.6 Å². The standard InChI is InChI=1S/C26H44N7O17P3S/c1-5-14(2)25(38)54-9-8-28-16(34)6-7-29-23(37)20(36)26(3,4)11-47-53(44,45)50-52(42,43)46-10-15-19(49-51(39,40)41)18(35)24(48-15)33-13-32-17-21(27)30-12-31-22(17)33/h12-15,18-20,24,35-36H,5-11H2,1-4H3,(H,28,34)(H,29,37)(H,42,43)(H,44,45)(H2,27,30,31)(H2,39,40,41)/t14-,15-,18-,19-,20+,24-/m1/s1. The van der Waals surface area contributed by atoms with Crippen LogP contribution in [0.4, 0.5) is 5.82 Å². The van der Waals surface area contributed by atoms with Gasteiger partial charge in [0.2, 0.25) is 11.8 Å². The van der Waals surface area contributed by atoms with E-state index in [1.165, 1.54) is 13.8 Å². The number of phosphoric acid groups is 3. The van der Waals surface area contributed by atoms with Gasteiger partial charge in [0.05, 0.1) is 19.5 Å². The molecule has 8 atom stereocenters. The molecule has 1 fully saturated rings. The number of carbonyl (C=O) groups is 3. The number of imidazole rings is 1. The van der Waals surface area contributed by atoms with Gasteiger partial charge in [0.15, 0.2) is 22.8 Å². The number of hydrogen-bond donors (Lipinski definition) is 9. The summed E-state index contributed by atoms with van der Waals surface area (Å²) in [5.41, 5.74) is 4.27. The van der Waals surface area contributed by atoms with Crippen LogP contribution < -0.4 is 16.4 Å². The van der Waals surface area contributed by atoms with Gasteiger partial charge in [0.1, 0.15) is 36.3 Å². The van der Waals surface area contributed by atoms with Crippen LogP contribution in [0, 0.1) is 11.3 Å². The topological polar surface area (TPSA) is 364 Å². The molecular weight excluding hydrogens is 807 g/mol. The Labute approximate surface area is 312 Å². The van der Waals surface area contributed by atoms with E-state index in [2.05, 4.69) is 34.4 Å². The minimum Gasteiger partial charge on any atom is -0.386 e. The molecule has 2 aromatic rings. The zero-order valence-electron chi connectivity index (χ0n) is 29.4. The fraction of sp³-hybridized carbons (Fsp3) is 0.692. The van der Waals surface area contributed by atoms with Crippen molar-refractivity contribution in [1.29, 1.82) is 0 Å². The van der Waals surface area contributed by atoms with Crippen molar-refractivity contribution >= 4 is 69.1 Å². The second-order valence-electron chi connectivity index (χ2n) is 12.5. The van der Waals surface area contributed by atoms with Crippen LogP contribution in [-0.4, -0.2) is 123 Å². The third-order valence-corrected chi connectivity index (χ3v) is 12.0. The first kappa shape index (κ1) is 45.9. The molecule has 0 bridgehead atoms. The average Bonchev–Trinajstić information content (AvgIpc) is 3.64. The Bertz CT molecular complexity index is 1780. The molecule has 54 heavy (non-hydrogen) atoms. The van der Waals surface area contributed by atoms with E-state index in [0.29, 0.717) is 12.2 Å². The molecule has 306 valence electrons. The molecule has 3 rings (SSSR count). The third-order valence-electron chi connectivity index (χ3n) is 7.76. The maximum absolute atomic E-state index is 12.7. The molecule has 1 aliphatic heterocycles. The van der Waals surface area contributed by atoms with Crippen LogP contribution in [0.25, 0.3) is 11.2 Å². The van der Waals surface area contributed by atoms with Crippen LogP contribution in [0.2, 0.25) is 0 Å². The normalized spacial score (nSPS) is 22.6. The predicted molar refractivity (Wildman–Crippen MR) is 187 cm³/mol. The summed E-state index contributed by atoms with van der Waals surface area (Å²) in [5, 5.41) is 26.3. The van der Waals surface area contributed by atoms with Crippen LogP contribution in [0.1, 0.15) is 46.8 Å². The summed E-state index contributed by atoms with van der Waals surface area (Å²) in [6.45, 7) is 4.23. The van der Waals surface area contributed by atoms with Crippen LogP contribution in [-0.2, 0) is 50.7 Å². The van der Waals surface area contributed by atoms with Crippen LogP contribution >= 0.6 is 35.2 Å². The zero-order valence-corrected chi connectivity index (χ0v) is 32.9. The van der Waals surface area contributed by atoms with Crippen molar-refractivity contribution in [3.63, 3.8) is 0 Å². The summed E-state index contributed by atoms with van der Waals surface area (Å²) in [4.78, 5) is 87.3. The van der Waals surface area contributed by atoms with Gasteiger partial charge in [0, 0.05) is 36.6 Å². The van der Waals surface area contributed by atoms with E-state index in [1.807, 2.05) is 13.8 Å². The SMILES string of the molecule is CC[C@@H](C)C(=O)SCCNC(=O)CCNC(=O)[C@H](O)C(C)(C)COP(=O)(O)OP(=O)(O)OC[C@H]1O[C@@H](n2cnc3c(N)ncnc32)[C@H](O)[C@@H]1OP(=O)(O)O. The minimum absolute atomic E-state index is 0.0173. The number of carbonyl (C=O) groups excluding carboxylic acids is 3. The first-order chi connectivity index (χ1) is 25.0. The lowest BCUT2D eigenvalue weighted by Crippen LogP contribution is -2.46. The molecule has 2 amide bonds. The number of ether oxygens (including phenoxy) is 1. The van der Waals surface area contributed by atoms with Gasteiger partial charge in [-0.2, -0.15) is 4.31 Å². The molecule has 1 saturated heterocycles. The average molecular weight is 852 g/mol. The van der Waals surface area contributed by atoms with E-state index in [0.717, 1.165) is 29.0 Å². The van der Waals surface area contributed by atoms with E-state index in [9.17, 15) is 57.9 Å². The Morgan fingerprint density at radius 3 is 2.39 bits per heavy atom. The highest BCUT2D eigenvalue weighted by Gasteiger charge is 2.50. The summed E-state index contributed by atoms with van der Waals surface area (Å²) >= 11 is 1.10. The molecule has 0 aliphatic carbocycles. The number of nitrogen functional groups attached to an aromatic ring is 1. The number of nitrogens with one attached hydrogen (secondary N) is 2. The summed E-state index contributed by atoms with van der Waals surface area (Å²) in [7, 11) is -16.4. The van der Waals surface area contributed by atoms with Crippen molar-refractivity contribution in [2.75, 3.05) is 37.8 Å². The first-order valence-corrected chi connectivity index (χ1v) is 21.5. The highest BCUT2D eigenvalue weighted by molar-refractivity contribution is 8.13. The van der Waals surface area contributed by atoms with Gasteiger partial charge in [-0.15, -0.1) is 0 Å². The number of nitrogens with zero attached hydrogens (tertiary/aromatic N) is 4. The minimum atomic E-state index is -5.56. The van der Waals surface area contributed by atoms with E-state index in [-0.39, 0.29) is 47.5 Å². The zero-order chi connectivity index (χ0) is 40.6. The Kier molecular flexibility index (Phi) is 16.3. The number of nitrogens with two attached hydrogens (primary N) is 1. The number of aromatic nitrogens is 4. The number of fused-ring (bicyclic) bond motifs is 1. The molecule has 0 spiro atoms. The van der Waals surface area contributed by atoms with Gasteiger partial charge in [-0.3, -0.25) is 32.5 Å². The molecule has 2 unspecified atom stereocenters. The monoisotopic (exact) mass is 851 g/mol. The number of phosphoric ester groups is 3. The first-order valence-electron chi connectivity index (χ1n) is 16.0. The Morgan fingerprint density at radius 2 is 1.74 bits per heavy atom. The second kappa shape index (κ2) is 19.1. The van der Waals surface area contributed by atoms with E-state index >= 15 is 0 Å². The highest BCUT2D eigenvalue weighted by Crippen LogP contribution is 2.61. The number of aliphatic hydroxyl groups excluding tert-OH is 2. The smallest absolute Gasteiger partial charge is 0.386 e. The van der Waals surface area contributed by atoms with Crippen molar-refractivity contribution < 1.29 is 80.5 Å². The van der Waals surface area contributed by atoms with Gasteiger partial charge >= 0.3 is 23.5 Å². The van der Waals surface area contributed by atoms with Crippen molar-refractivity contribution in [2.45, 2.75) is 71.2 Å². The summed E-state index contributed by atoms with van der Waals surface area (Å²) < 4.78 is 62.0. The fourth-order valence-corrected chi connectivity index (χ4v) is 8.28. The lowest BCUT2D eigenvalue weighted by molar-refractivity contribution is -0.137. The summed E-state index contributed by atoms with van der Waals surface area (Å²) in [5.74, 6) is -1.16. The summed E-state index contributed by atoms with van der Waals surface area (Å²) in [6, 6.07) is 0. The number of hydrogen-bond acceptors (Lipinski definition) is 18. The molecule has 0 radical (unpaired) electrons. The van der Waals surface area contributed by atoms with E-state index in [1.54, 1.807) is 0 Å². The maximum Gasteiger partial charge on any atom is 0.481 e. The number of rotatable bonds is 21. The van der Waals surface area contributed by atoms with Crippen LogP contribution in [0.15, 0.2) is 12.7 Å². The molecule has 3 heterocycles. The van der Waals surface area contributed by atoms with Crippen molar-refractivity contribution in [3.05, 3.63) is 12.7 Å². The lowest BCUT2D eigenvalue weighted by Gasteiger charge is -2.30. The Morgan fingerprint density at radius 1 is 1.07 bits per heavy atom. The third kappa shape index (κ3) is 13.4. The molecular formula is C26H44N7O17P3S.